The fourth-order valence-electron chi connectivity index (χ4n) is 4.85. The third kappa shape index (κ3) is 3.42. The highest BCUT2D eigenvalue weighted by Crippen LogP contribution is 2.46. The van der Waals surface area contributed by atoms with E-state index in [1.165, 1.54) is 10.4 Å². The molecule has 3 aliphatic rings. The summed E-state index contributed by atoms with van der Waals surface area (Å²) in [6.07, 6.45) is 6.05. The van der Waals surface area contributed by atoms with E-state index in [4.69, 9.17) is 9.47 Å². The van der Waals surface area contributed by atoms with Gasteiger partial charge in [0, 0.05) is 41.9 Å². The number of hydrogen-bond acceptors (Lipinski definition) is 5. The summed E-state index contributed by atoms with van der Waals surface area (Å²) in [5.74, 6) is 0. The summed E-state index contributed by atoms with van der Waals surface area (Å²) < 4.78 is 12.0. The first kappa shape index (κ1) is 17.9. The molecule has 4 nitrogen and oxygen atoms in total. The van der Waals surface area contributed by atoms with Crippen LogP contribution in [0.2, 0.25) is 0 Å². The van der Waals surface area contributed by atoms with Gasteiger partial charge in [-0.3, -0.25) is 4.90 Å². The lowest BCUT2D eigenvalue weighted by atomic mass is 9.78. The normalized spacial score (nSPS) is 36.5. The van der Waals surface area contributed by atoms with Crippen LogP contribution in [0.4, 0.5) is 0 Å². The predicted molar refractivity (Wildman–Crippen MR) is 100 cm³/mol. The summed E-state index contributed by atoms with van der Waals surface area (Å²) in [6.45, 7) is 8.35. The molecule has 3 aliphatic heterocycles. The maximum atomic E-state index is 10.8. The fourth-order valence-corrected chi connectivity index (χ4v) is 6.03. The minimum absolute atomic E-state index is 0.0981. The zero-order valence-corrected chi connectivity index (χ0v) is 16.4. The lowest BCUT2D eigenvalue weighted by Crippen LogP contribution is -2.56. The molecule has 1 spiro atoms. The van der Waals surface area contributed by atoms with E-state index in [9.17, 15) is 5.11 Å². The Hall–Kier alpha value is -0.460. The largest absolute Gasteiger partial charge is 0.386 e. The van der Waals surface area contributed by atoms with Gasteiger partial charge in [-0.25, -0.2) is 0 Å². The van der Waals surface area contributed by atoms with Crippen LogP contribution in [0.5, 0.6) is 0 Å². The first-order chi connectivity index (χ1) is 12.0. The van der Waals surface area contributed by atoms with Crippen molar-refractivity contribution in [1.29, 1.82) is 0 Å². The second-order valence-electron chi connectivity index (χ2n) is 8.15. The lowest BCUT2D eigenvalue weighted by molar-refractivity contribution is -0.139. The molecular formula is C20H31NO3S. The second-order valence-corrected chi connectivity index (χ2v) is 9.37. The van der Waals surface area contributed by atoms with Gasteiger partial charge < -0.3 is 14.6 Å². The first-order valence-corrected chi connectivity index (χ1v) is 10.7. The van der Waals surface area contributed by atoms with Gasteiger partial charge in [0.05, 0.1) is 18.8 Å². The highest BCUT2D eigenvalue weighted by atomic mass is 32.1. The average molecular weight is 366 g/mol. The van der Waals surface area contributed by atoms with Gasteiger partial charge in [-0.05, 0) is 50.7 Å². The van der Waals surface area contributed by atoms with Crippen LogP contribution in [-0.2, 0) is 27.9 Å². The zero-order valence-electron chi connectivity index (χ0n) is 15.6. The molecule has 4 heterocycles. The number of β-amino-alcohol motifs (C(OH)–C–C–N with tert-alkyl or cyclic N) is 1. The Morgan fingerprint density at radius 2 is 2.24 bits per heavy atom. The summed E-state index contributed by atoms with van der Waals surface area (Å²) in [5.41, 5.74) is 0.693. The van der Waals surface area contributed by atoms with E-state index < -0.39 is 5.60 Å². The molecule has 0 amide bonds. The summed E-state index contributed by atoms with van der Waals surface area (Å²) in [6, 6.07) is 2.82. The number of thiophene rings is 1. The van der Waals surface area contributed by atoms with E-state index >= 15 is 0 Å². The maximum Gasteiger partial charge on any atom is 0.101 e. The van der Waals surface area contributed by atoms with Crippen molar-refractivity contribution in [3.05, 3.63) is 21.4 Å². The van der Waals surface area contributed by atoms with Gasteiger partial charge in [0.25, 0.3) is 0 Å². The van der Waals surface area contributed by atoms with Crippen molar-refractivity contribution in [2.24, 2.45) is 0 Å². The molecule has 0 saturated carbocycles. The molecule has 4 rings (SSSR count). The first-order valence-electron chi connectivity index (χ1n) is 9.84. The van der Waals surface area contributed by atoms with Crippen LogP contribution in [0.1, 0.15) is 54.8 Å². The zero-order chi connectivity index (χ0) is 17.5. The number of likely N-dealkylation sites (tertiary alicyclic amines) is 1. The monoisotopic (exact) mass is 365 g/mol. The molecule has 0 aliphatic carbocycles. The van der Waals surface area contributed by atoms with Crippen LogP contribution in [0.25, 0.3) is 0 Å². The number of aliphatic hydroxyl groups is 1. The fraction of sp³-hybridized carbons (Fsp3) is 0.800. The Labute approximate surface area is 155 Å². The number of fused-ring (bicyclic) bond motifs is 2. The van der Waals surface area contributed by atoms with Crippen molar-refractivity contribution < 1.29 is 14.6 Å². The maximum absolute atomic E-state index is 10.8. The standard InChI is InChI=1S/C20H31NO3S/c1-3-16-11-17-18(25-16)5-10-24-20(17)7-8-21(15(2)12-20)13-19(22)6-4-9-23-14-19/h11,15,22H,3-10,12-14H2,1-2H3/t15-,19?,20+/m0/s1. The molecule has 0 bridgehead atoms. The van der Waals surface area contributed by atoms with Gasteiger partial charge in [-0.2, -0.15) is 0 Å². The molecular weight excluding hydrogens is 334 g/mol. The highest BCUT2D eigenvalue weighted by molar-refractivity contribution is 7.12. The molecule has 5 heteroatoms. The summed E-state index contributed by atoms with van der Waals surface area (Å²) in [5, 5.41) is 10.8. The van der Waals surface area contributed by atoms with Crippen LogP contribution in [0, 0.1) is 0 Å². The smallest absolute Gasteiger partial charge is 0.101 e. The van der Waals surface area contributed by atoms with Gasteiger partial charge in [0.2, 0.25) is 0 Å². The molecule has 1 aromatic rings. The molecule has 140 valence electrons. The van der Waals surface area contributed by atoms with Crippen LogP contribution in [0.15, 0.2) is 6.07 Å². The van der Waals surface area contributed by atoms with Crippen molar-refractivity contribution in [1.82, 2.24) is 4.90 Å². The summed E-state index contributed by atoms with van der Waals surface area (Å²) in [7, 11) is 0. The molecule has 1 aromatic heterocycles. The molecule has 0 aromatic carbocycles. The minimum Gasteiger partial charge on any atom is -0.386 e. The van der Waals surface area contributed by atoms with Crippen molar-refractivity contribution in [3.63, 3.8) is 0 Å². The number of hydrogen-bond donors (Lipinski definition) is 1. The van der Waals surface area contributed by atoms with Gasteiger partial charge in [-0.1, -0.05) is 6.92 Å². The molecule has 1 N–H and O–H groups in total. The molecule has 3 atom stereocenters. The van der Waals surface area contributed by atoms with E-state index in [0.29, 0.717) is 12.6 Å². The van der Waals surface area contributed by atoms with Crippen LogP contribution < -0.4 is 0 Å². The van der Waals surface area contributed by atoms with Gasteiger partial charge in [0.15, 0.2) is 0 Å². The SMILES string of the molecule is CCc1cc2c(s1)CCO[C@@]21CCN(CC2(O)CCCOC2)[C@@H](C)C1. The molecule has 25 heavy (non-hydrogen) atoms. The Morgan fingerprint density at radius 1 is 1.36 bits per heavy atom. The number of ether oxygens (including phenoxy) is 2. The molecule has 0 radical (unpaired) electrons. The van der Waals surface area contributed by atoms with Crippen LogP contribution in [0.3, 0.4) is 0 Å². The Kier molecular flexibility index (Phi) is 4.97. The van der Waals surface area contributed by atoms with Crippen molar-refractivity contribution >= 4 is 11.3 Å². The van der Waals surface area contributed by atoms with Gasteiger partial charge in [-0.15, -0.1) is 11.3 Å². The highest BCUT2D eigenvalue weighted by Gasteiger charge is 2.46. The van der Waals surface area contributed by atoms with Crippen LogP contribution >= 0.6 is 11.3 Å². The van der Waals surface area contributed by atoms with E-state index in [1.54, 1.807) is 4.88 Å². The van der Waals surface area contributed by atoms with Gasteiger partial charge in [0.1, 0.15) is 5.60 Å². The van der Waals surface area contributed by atoms with E-state index in [2.05, 4.69) is 24.8 Å². The molecule has 1 unspecified atom stereocenters. The quantitative estimate of drug-likeness (QED) is 0.894. The number of aryl methyl sites for hydroxylation is 1. The van der Waals surface area contributed by atoms with Crippen molar-refractivity contribution in [2.75, 3.05) is 32.9 Å². The Bertz CT molecular complexity index is 610. The molecule has 2 saturated heterocycles. The number of rotatable bonds is 3. The predicted octanol–water partition coefficient (Wildman–Crippen LogP) is 3.10. The van der Waals surface area contributed by atoms with E-state index in [-0.39, 0.29) is 5.60 Å². The third-order valence-electron chi connectivity index (χ3n) is 6.26. The van der Waals surface area contributed by atoms with Crippen molar-refractivity contribution in [2.45, 2.75) is 69.6 Å². The second kappa shape index (κ2) is 6.93. The third-order valence-corrected chi connectivity index (χ3v) is 7.60. The number of nitrogens with zero attached hydrogens (tertiary/aromatic N) is 1. The minimum atomic E-state index is -0.673. The van der Waals surface area contributed by atoms with Gasteiger partial charge >= 0.3 is 0 Å². The topological polar surface area (TPSA) is 41.9 Å². The Balaban J connectivity index is 1.49. The van der Waals surface area contributed by atoms with Crippen molar-refractivity contribution in [3.8, 4) is 0 Å². The van der Waals surface area contributed by atoms with E-state index in [0.717, 1.165) is 64.8 Å². The van der Waals surface area contributed by atoms with E-state index in [1.807, 2.05) is 11.3 Å². The lowest BCUT2D eigenvalue weighted by Gasteiger charge is -2.49. The Morgan fingerprint density at radius 3 is 2.96 bits per heavy atom. The molecule has 2 fully saturated rings. The average Bonchev–Trinajstić information content (AvgIpc) is 3.03. The van der Waals surface area contributed by atoms with Crippen LogP contribution in [-0.4, -0.2) is 54.6 Å². The number of piperidine rings is 1. The summed E-state index contributed by atoms with van der Waals surface area (Å²) in [4.78, 5) is 5.48. The summed E-state index contributed by atoms with van der Waals surface area (Å²) >= 11 is 1.98.